The van der Waals surface area contributed by atoms with E-state index in [1.165, 1.54) is 12.1 Å². The Balaban J connectivity index is 2.61. The maximum atomic E-state index is 11.6. The number of hydrogen-bond donors (Lipinski definition) is 3. The Morgan fingerprint density at radius 3 is 2.79 bits per heavy atom. The third-order valence-electron chi connectivity index (χ3n) is 2.20. The highest BCUT2D eigenvalue weighted by Gasteiger charge is 2.12. The van der Waals surface area contributed by atoms with Gasteiger partial charge in [-0.3, -0.25) is 0 Å². The minimum Gasteiger partial charge on any atom is -0.478 e. The number of ether oxygens (including phenoxy) is 1. The Bertz CT molecular complexity index is 465. The highest BCUT2D eigenvalue weighted by molar-refractivity contribution is 9.10. The molecule has 0 radical (unpaired) electrons. The average Bonchev–Trinajstić information content (AvgIpc) is 2.36. The summed E-state index contributed by atoms with van der Waals surface area (Å²) in [6, 6.07) is 4.14. The van der Waals surface area contributed by atoms with Crippen molar-refractivity contribution in [1.82, 2.24) is 5.32 Å². The lowest BCUT2D eigenvalue weighted by Crippen LogP contribution is -2.32. The highest BCUT2D eigenvalue weighted by Crippen LogP contribution is 2.20. The predicted molar refractivity (Wildman–Crippen MR) is 74.6 cm³/mol. The van der Waals surface area contributed by atoms with E-state index in [1.807, 2.05) is 6.92 Å². The van der Waals surface area contributed by atoms with Crippen molar-refractivity contribution in [2.24, 2.45) is 0 Å². The molecule has 0 aromatic heterocycles. The van der Waals surface area contributed by atoms with E-state index in [2.05, 4.69) is 26.6 Å². The van der Waals surface area contributed by atoms with Crippen molar-refractivity contribution in [3.8, 4) is 0 Å². The zero-order chi connectivity index (χ0) is 14.3. The number of aromatic carboxylic acids is 1. The number of amides is 2. The fourth-order valence-corrected chi connectivity index (χ4v) is 1.71. The minimum absolute atomic E-state index is 0.0225. The van der Waals surface area contributed by atoms with Gasteiger partial charge in [0.1, 0.15) is 0 Å². The van der Waals surface area contributed by atoms with Crippen molar-refractivity contribution in [2.75, 3.05) is 25.1 Å². The Kier molecular flexibility index (Phi) is 6.31. The molecule has 0 saturated carbocycles. The lowest BCUT2D eigenvalue weighted by molar-refractivity contribution is 0.0698. The number of benzene rings is 1. The van der Waals surface area contributed by atoms with Crippen LogP contribution >= 0.6 is 15.9 Å². The number of rotatable bonds is 6. The third-order valence-corrected chi connectivity index (χ3v) is 2.69. The van der Waals surface area contributed by atoms with Crippen LogP contribution in [0.15, 0.2) is 22.7 Å². The van der Waals surface area contributed by atoms with Gasteiger partial charge >= 0.3 is 12.0 Å². The molecule has 2 amide bonds. The van der Waals surface area contributed by atoms with Crippen LogP contribution in [0.4, 0.5) is 10.5 Å². The van der Waals surface area contributed by atoms with Gasteiger partial charge in [0.15, 0.2) is 0 Å². The van der Waals surface area contributed by atoms with Crippen LogP contribution in [0.1, 0.15) is 17.3 Å². The van der Waals surface area contributed by atoms with Crippen LogP contribution in [0.3, 0.4) is 0 Å². The number of carbonyl (C=O) groups excluding carboxylic acids is 1. The molecule has 0 bridgehead atoms. The number of carbonyl (C=O) groups is 2. The predicted octanol–water partition coefficient (Wildman–Crippen LogP) is 2.31. The molecule has 0 aliphatic heterocycles. The summed E-state index contributed by atoms with van der Waals surface area (Å²) in [6.07, 6.45) is 0. The molecule has 104 valence electrons. The van der Waals surface area contributed by atoms with E-state index in [-0.39, 0.29) is 11.3 Å². The first-order valence-corrected chi connectivity index (χ1v) is 6.49. The van der Waals surface area contributed by atoms with Crippen molar-refractivity contribution in [3.63, 3.8) is 0 Å². The summed E-state index contributed by atoms with van der Waals surface area (Å²) >= 11 is 3.18. The van der Waals surface area contributed by atoms with Crippen molar-refractivity contribution in [1.29, 1.82) is 0 Å². The second-order valence-electron chi connectivity index (χ2n) is 3.57. The van der Waals surface area contributed by atoms with Crippen molar-refractivity contribution < 1.29 is 19.4 Å². The van der Waals surface area contributed by atoms with Gasteiger partial charge in [-0.2, -0.15) is 0 Å². The summed E-state index contributed by atoms with van der Waals surface area (Å²) in [6.45, 7) is 3.22. The van der Waals surface area contributed by atoms with Crippen LogP contribution in [0.5, 0.6) is 0 Å². The molecule has 0 aliphatic carbocycles. The molecule has 0 unspecified atom stereocenters. The van der Waals surface area contributed by atoms with Gasteiger partial charge in [0.2, 0.25) is 0 Å². The van der Waals surface area contributed by atoms with Crippen LogP contribution in [-0.4, -0.2) is 36.9 Å². The summed E-state index contributed by atoms with van der Waals surface area (Å²) in [7, 11) is 0. The molecule has 1 rings (SSSR count). The number of nitrogens with one attached hydrogen (secondary N) is 2. The Hall–Kier alpha value is -1.60. The number of hydrogen-bond acceptors (Lipinski definition) is 3. The number of halogens is 1. The molecular formula is C12H15BrN2O4. The van der Waals surface area contributed by atoms with Gasteiger partial charge in [-0.25, -0.2) is 9.59 Å². The fourth-order valence-electron chi connectivity index (χ4n) is 1.35. The maximum absolute atomic E-state index is 11.6. The molecule has 0 saturated heterocycles. The number of anilines is 1. The fraction of sp³-hybridized carbons (Fsp3) is 0.333. The minimum atomic E-state index is -1.11. The molecule has 0 spiro atoms. The van der Waals surface area contributed by atoms with E-state index in [0.29, 0.717) is 24.2 Å². The molecular weight excluding hydrogens is 316 g/mol. The average molecular weight is 331 g/mol. The lowest BCUT2D eigenvalue weighted by Gasteiger charge is -2.10. The van der Waals surface area contributed by atoms with Gasteiger partial charge in [0.05, 0.1) is 17.9 Å². The monoisotopic (exact) mass is 330 g/mol. The van der Waals surface area contributed by atoms with Crippen LogP contribution in [-0.2, 0) is 4.74 Å². The van der Waals surface area contributed by atoms with E-state index >= 15 is 0 Å². The van der Waals surface area contributed by atoms with Crippen LogP contribution in [0.2, 0.25) is 0 Å². The molecule has 0 atom stereocenters. The molecule has 0 heterocycles. The van der Waals surface area contributed by atoms with Crippen LogP contribution in [0.25, 0.3) is 0 Å². The molecule has 0 aliphatic rings. The smallest absolute Gasteiger partial charge is 0.337 e. The van der Waals surface area contributed by atoms with Crippen LogP contribution < -0.4 is 10.6 Å². The van der Waals surface area contributed by atoms with Gasteiger partial charge < -0.3 is 20.5 Å². The zero-order valence-corrected chi connectivity index (χ0v) is 12.0. The summed E-state index contributed by atoms with van der Waals surface area (Å²) in [4.78, 5) is 22.6. The van der Waals surface area contributed by atoms with Gasteiger partial charge in [0.25, 0.3) is 0 Å². The van der Waals surface area contributed by atoms with E-state index in [9.17, 15) is 9.59 Å². The van der Waals surface area contributed by atoms with E-state index < -0.39 is 12.0 Å². The van der Waals surface area contributed by atoms with Crippen molar-refractivity contribution >= 4 is 33.6 Å². The second kappa shape index (κ2) is 7.75. The molecule has 0 fully saturated rings. The van der Waals surface area contributed by atoms with Gasteiger partial charge in [-0.1, -0.05) is 15.9 Å². The summed E-state index contributed by atoms with van der Waals surface area (Å²) in [5, 5.41) is 14.1. The van der Waals surface area contributed by atoms with Gasteiger partial charge in [0, 0.05) is 17.6 Å². The molecule has 1 aromatic carbocycles. The standard InChI is InChI=1S/C12H15BrN2O4/c1-2-19-6-5-14-12(18)15-10-4-3-8(13)7-9(10)11(16)17/h3-4,7H,2,5-6H2,1H3,(H,16,17)(H2,14,15,18). The Morgan fingerprint density at radius 2 is 2.16 bits per heavy atom. The molecule has 7 heteroatoms. The topological polar surface area (TPSA) is 87.7 Å². The SMILES string of the molecule is CCOCCNC(=O)Nc1ccc(Br)cc1C(=O)O. The number of carboxylic acids is 1. The summed E-state index contributed by atoms with van der Waals surface area (Å²) in [5.41, 5.74) is 0.263. The normalized spacial score (nSPS) is 10.0. The Morgan fingerprint density at radius 1 is 1.42 bits per heavy atom. The first-order chi connectivity index (χ1) is 9.04. The van der Waals surface area contributed by atoms with Gasteiger partial charge in [-0.05, 0) is 25.1 Å². The Labute approximate surface area is 119 Å². The van der Waals surface area contributed by atoms with E-state index in [1.54, 1.807) is 6.07 Å². The second-order valence-corrected chi connectivity index (χ2v) is 4.49. The highest BCUT2D eigenvalue weighted by atomic mass is 79.9. The molecule has 3 N–H and O–H groups in total. The first-order valence-electron chi connectivity index (χ1n) is 5.70. The number of carboxylic acid groups (broad SMARTS) is 1. The lowest BCUT2D eigenvalue weighted by atomic mass is 10.2. The van der Waals surface area contributed by atoms with E-state index in [4.69, 9.17) is 9.84 Å². The number of urea groups is 1. The van der Waals surface area contributed by atoms with Crippen molar-refractivity contribution in [3.05, 3.63) is 28.2 Å². The largest absolute Gasteiger partial charge is 0.478 e. The summed E-state index contributed by atoms with van der Waals surface area (Å²) < 4.78 is 5.70. The molecule has 1 aromatic rings. The quantitative estimate of drug-likeness (QED) is 0.698. The maximum Gasteiger partial charge on any atom is 0.337 e. The van der Waals surface area contributed by atoms with E-state index in [0.717, 1.165) is 0 Å². The first kappa shape index (κ1) is 15.5. The third kappa shape index (κ3) is 5.27. The van der Waals surface area contributed by atoms with Crippen molar-refractivity contribution in [2.45, 2.75) is 6.92 Å². The molecule has 6 nitrogen and oxygen atoms in total. The molecule has 19 heavy (non-hydrogen) atoms. The van der Waals surface area contributed by atoms with Gasteiger partial charge in [-0.15, -0.1) is 0 Å². The van der Waals surface area contributed by atoms with Crippen LogP contribution in [0, 0.1) is 0 Å². The zero-order valence-electron chi connectivity index (χ0n) is 10.4. The summed E-state index contributed by atoms with van der Waals surface area (Å²) in [5.74, 6) is -1.11.